The summed E-state index contributed by atoms with van der Waals surface area (Å²) in [5.74, 6) is 0.161. The van der Waals surface area contributed by atoms with Crippen molar-refractivity contribution in [3.8, 4) is 0 Å². The first-order valence-electron chi connectivity index (χ1n) is 5.86. The van der Waals surface area contributed by atoms with Crippen molar-refractivity contribution in [1.82, 2.24) is 4.98 Å². The van der Waals surface area contributed by atoms with Crippen LogP contribution >= 0.6 is 0 Å². The van der Waals surface area contributed by atoms with Gasteiger partial charge in [-0.1, -0.05) is 20.8 Å². The molecule has 1 aromatic rings. The van der Waals surface area contributed by atoms with Crippen LogP contribution in [-0.4, -0.2) is 24.1 Å². The van der Waals surface area contributed by atoms with E-state index in [2.05, 4.69) is 42.7 Å². The SMILES string of the molecule is COC(=O)c1cc(NC(C)C(C)(C)C)ncc1N. The average Bonchev–Trinajstić information content (AvgIpc) is 2.29. The normalized spacial score (nSPS) is 12.9. The summed E-state index contributed by atoms with van der Waals surface area (Å²) in [5.41, 5.74) is 6.43. The lowest BCUT2D eigenvalue weighted by molar-refractivity contribution is 0.0602. The maximum Gasteiger partial charge on any atom is 0.340 e. The molecule has 0 aliphatic rings. The number of nitrogens with two attached hydrogens (primary N) is 1. The fourth-order valence-corrected chi connectivity index (χ4v) is 1.27. The van der Waals surface area contributed by atoms with Gasteiger partial charge in [0.05, 0.1) is 24.6 Å². The number of ether oxygens (including phenoxy) is 1. The maximum absolute atomic E-state index is 11.5. The Labute approximate surface area is 108 Å². The van der Waals surface area contributed by atoms with Gasteiger partial charge in [-0.2, -0.15) is 0 Å². The highest BCUT2D eigenvalue weighted by molar-refractivity contribution is 5.95. The molecule has 0 aliphatic carbocycles. The summed E-state index contributed by atoms with van der Waals surface area (Å²) in [6.45, 7) is 8.45. The van der Waals surface area contributed by atoms with E-state index < -0.39 is 5.97 Å². The summed E-state index contributed by atoms with van der Waals surface area (Å²) in [5, 5.41) is 3.25. The number of carbonyl (C=O) groups is 1. The van der Waals surface area contributed by atoms with Gasteiger partial charge in [-0.25, -0.2) is 9.78 Å². The number of hydrogen-bond donors (Lipinski definition) is 2. The van der Waals surface area contributed by atoms with Crippen LogP contribution in [0, 0.1) is 5.41 Å². The molecule has 18 heavy (non-hydrogen) atoms. The molecule has 0 saturated carbocycles. The second kappa shape index (κ2) is 5.25. The molecule has 0 aromatic carbocycles. The lowest BCUT2D eigenvalue weighted by Crippen LogP contribution is -2.31. The van der Waals surface area contributed by atoms with Crippen molar-refractivity contribution in [2.24, 2.45) is 5.41 Å². The van der Waals surface area contributed by atoms with Crippen LogP contribution in [0.15, 0.2) is 12.3 Å². The largest absolute Gasteiger partial charge is 0.465 e. The highest BCUT2D eigenvalue weighted by atomic mass is 16.5. The molecule has 0 spiro atoms. The van der Waals surface area contributed by atoms with Gasteiger partial charge in [0, 0.05) is 6.04 Å². The van der Waals surface area contributed by atoms with E-state index in [1.54, 1.807) is 6.07 Å². The number of rotatable bonds is 3. The molecule has 0 saturated heterocycles. The van der Waals surface area contributed by atoms with Crippen LogP contribution in [0.25, 0.3) is 0 Å². The topological polar surface area (TPSA) is 77.2 Å². The van der Waals surface area contributed by atoms with Crippen LogP contribution < -0.4 is 11.1 Å². The van der Waals surface area contributed by atoms with Crippen LogP contribution in [0.5, 0.6) is 0 Å². The molecule has 0 bridgehead atoms. The lowest BCUT2D eigenvalue weighted by atomic mass is 9.88. The zero-order valence-corrected chi connectivity index (χ0v) is 11.6. The van der Waals surface area contributed by atoms with Crippen molar-refractivity contribution in [1.29, 1.82) is 0 Å². The minimum atomic E-state index is -0.457. The minimum Gasteiger partial charge on any atom is -0.465 e. The van der Waals surface area contributed by atoms with E-state index in [0.717, 1.165) is 0 Å². The van der Waals surface area contributed by atoms with Gasteiger partial charge in [-0.05, 0) is 18.4 Å². The number of hydrogen-bond acceptors (Lipinski definition) is 5. The van der Waals surface area contributed by atoms with Crippen molar-refractivity contribution in [2.75, 3.05) is 18.2 Å². The van der Waals surface area contributed by atoms with E-state index in [1.807, 2.05) is 0 Å². The summed E-state index contributed by atoms with van der Waals surface area (Å²) in [7, 11) is 1.33. The molecule has 1 heterocycles. The zero-order chi connectivity index (χ0) is 13.9. The molecule has 5 heteroatoms. The predicted molar refractivity (Wildman–Crippen MR) is 72.5 cm³/mol. The van der Waals surface area contributed by atoms with Crippen molar-refractivity contribution < 1.29 is 9.53 Å². The van der Waals surface area contributed by atoms with Crippen molar-refractivity contribution in [2.45, 2.75) is 33.7 Å². The van der Waals surface area contributed by atoms with Crippen molar-refractivity contribution in [3.63, 3.8) is 0 Å². The summed E-state index contributed by atoms with van der Waals surface area (Å²) in [6, 6.07) is 1.82. The van der Waals surface area contributed by atoms with Gasteiger partial charge < -0.3 is 15.8 Å². The second-order valence-corrected chi connectivity index (χ2v) is 5.38. The smallest absolute Gasteiger partial charge is 0.340 e. The van der Waals surface area contributed by atoms with Crippen LogP contribution in [0.4, 0.5) is 11.5 Å². The van der Waals surface area contributed by atoms with Gasteiger partial charge in [0.25, 0.3) is 0 Å². The fraction of sp³-hybridized carbons (Fsp3) is 0.538. The maximum atomic E-state index is 11.5. The third kappa shape index (κ3) is 3.35. The van der Waals surface area contributed by atoms with Gasteiger partial charge in [-0.3, -0.25) is 0 Å². The Hall–Kier alpha value is -1.78. The van der Waals surface area contributed by atoms with E-state index in [0.29, 0.717) is 17.1 Å². The summed E-state index contributed by atoms with van der Waals surface area (Å²) < 4.78 is 4.67. The van der Waals surface area contributed by atoms with E-state index >= 15 is 0 Å². The van der Waals surface area contributed by atoms with Gasteiger partial charge in [0.15, 0.2) is 0 Å². The number of carbonyl (C=O) groups excluding carboxylic acids is 1. The molecule has 1 atom stereocenters. The van der Waals surface area contributed by atoms with Gasteiger partial charge >= 0.3 is 5.97 Å². The molecule has 3 N–H and O–H groups in total. The van der Waals surface area contributed by atoms with Gasteiger partial charge in [-0.15, -0.1) is 0 Å². The molecule has 5 nitrogen and oxygen atoms in total. The Morgan fingerprint density at radius 1 is 1.50 bits per heavy atom. The number of esters is 1. The quantitative estimate of drug-likeness (QED) is 0.806. The highest BCUT2D eigenvalue weighted by Gasteiger charge is 2.21. The van der Waals surface area contributed by atoms with E-state index in [-0.39, 0.29) is 11.5 Å². The first-order chi connectivity index (χ1) is 8.25. The number of pyridine rings is 1. The lowest BCUT2D eigenvalue weighted by Gasteiger charge is -2.28. The Kier molecular flexibility index (Phi) is 4.16. The van der Waals surface area contributed by atoms with Crippen molar-refractivity contribution >= 4 is 17.5 Å². The number of nitrogens with zero attached hydrogens (tertiary/aromatic N) is 1. The molecule has 1 aromatic heterocycles. The van der Waals surface area contributed by atoms with Crippen LogP contribution in [0.1, 0.15) is 38.1 Å². The third-order valence-electron chi connectivity index (χ3n) is 3.00. The number of nitrogen functional groups attached to an aromatic ring is 1. The number of aromatic nitrogens is 1. The number of methoxy groups -OCH3 is 1. The molecule has 1 rings (SSSR count). The minimum absolute atomic E-state index is 0.0918. The molecule has 100 valence electrons. The van der Waals surface area contributed by atoms with E-state index in [9.17, 15) is 4.79 Å². The first-order valence-corrected chi connectivity index (χ1v) is 5.86. The van der Waals surface area contributed by atoms with Gasteiger partial charge in [0.1, 0.15) is 5.82 Å². The molecular weight excluding hydrogens is 230 g/mol. The molecule has 0 fully saturated rings. The average molecular weight is 251 g/mol. The van der Waals surface area contributed by atoms with Crippen LogP contribution in [-0.2, 0) is 4.74 Å². The third-order valence-corrected chi connectivity index (χ3v) is 3.00. The number of anilines is 2. The van der Waals surface area contributed by atoms with E-state index in [4.69, 9.17) is 5.73 Å². The Morgan fingerprint density at radius 3 is 2.61 bits per heavy atom. The van der Waals surface area contributed by atoms with Crippen molar-refractivity contribution in [3.05, 3.63) is 17.8 Å². The standard InChI is InChI=1S/C13H21N3O2/c1-8(13(2,3)4)16-11-6-9(12(17)18-5)10(14)7-15-11/h6-8H,14H2,1-5H3,(H,15,16). The Bertz CT molecular complexity index is 438. The first kappa shape index (κ1) is 14.3. The van der Waals surface area contributed by atoms with E-state index in [1.165, 1.54) is 13.3 Å². The second-order valence-electron chi connectivity index (χ2n) is 5.38. The highest BCUT2D eigenvalue weighted by Crippen LogP contribution is 2.23. The molecular formula is C13H21N3O2. The van der Waals surface area contributed by atoms with Crippen LogP contribution in [0.2, 0.25) is 0 Å². The summed E-state index contributed by atoms with van der Waals surface area (Å²) in [6.07, 6.45) is 1.46. The van der Waals surface area contributed by atoms with Gasteiger partial charge in [0.2, 0.25) is 0 Å². The fourth-order valence-electron chi connectivity index (χ4n) is 1.27. The summed E-state index contributed by atoms with van der Waals surface area (Å²) in [4.78, 5) is 15.7. The molecule has 0 radical (unpaired) electrons. The molecule has 1 unspecified atom stereocenters. The number of nitrogens with one attached hydrogen (secondary N) is 1. The zero-order valence-electron chi connectivity index (χ0n) is 11.6. The summed E-state index contributed by atoms with van der Waals surface area (Å²) >= 11 is 0. The Morgan fingerprint density at radius 2 is 2.11 bits per heavy atom. The Balaban J connectivity index is 2.96. The predicted octanol–water partition coefficient (Wildman–Crippen LogP) is 2.30. The molecule has 0 amide bonds. The van der Waals surface area contributed by atoms with Crippen LogP contribution in [0.3, 0.4) is 0 Å². The molecule has 0 aliphatic heterocycles. The monoisotopic (exact) mass is 251 g/mol.